The van der Waals surface area contributed by atoms with Crippen molar-refractivity contribution in [2.45, 2.75) is 31.8 Å². The topological polar surface area (TPSA) is 109 Å². The maximum atomic E-state index is 12.2. The molecular formula is C15H18N4O4S. The zero-order valence-corrected chi connectivity index (χ0v) is 13.8. The van der Waals surface area contributed by atoms with Gasteiger partial charge in [-0.1, -0.05) is 6.07 Å². The lowest BCUT2D eigenvalue weighted by Crippen LogP contribution is -2.43. The number of pyridine rings is 1. The number of nitrogens with one attached hydrogen (secondary N) is 1. The molecule has 2 aliphatic rings. The third kappa shape index (κ3) is 3.78. The summed E-state index contributed by atoms with van der Waals surface area (Å²) in [6.07, 6.45) is 2.41. The number of rotatable bonds is 4. The molecule has 0 unspecified atom stereocenters. The van der Waals surface area contributed by atoms with Gasteiger partial charge in [-0.05, 0) is 18.6 Å². The number of hydrazone groups is 1. The molecule has 2 amide bonds. The van der Waals surface area contributed by atoms with E-state index in [1.54, 1.807) is 18.3 Å². The molecule has 3 heterocycles. The second-order valence-electron chi connectivity index (χ2n) is 5.85. The number of amides is 2. The van der Waals surface area contributed by atoms with Gasteiger partial charge in [0, 0.05) is 19.0 Å². The molecule has 1 atom stereocenters. The second-order valence-corrected chi connectivity index (χ2v) is 8.07. The van der Waals surface area contributed by atoms with E-state index in [1.165, 1.54) is 5.01 Å². The molecule has 0 radical (unpaired) electrons. The van der Waals surface area contributed by atoms with E-state index < -0.39 is 15.9 Å². The first-order chi connectivity index (χ1) is 11.4. The van der Waals surface area contributed by atoms with Crippen LogP contribution in [-0.4, -0.2) is 53.5 Å². The lowest BCUT2D eigenvalue weighted by molar-refractivity contribution is -0.133. The molecule has 9 heteroatoms. The molecule has 24 heavy (non-hydrogen) atoms. The zero-order valence-electron chi connectivity index (χ0n) is 13.0. The van der Waals surface area contributed by atoms with Crippen LogP contribution in [0.5, 0.6) is 0 Å². The summed E-state index contributed by atoms with van der Waals surface area (Å²) in [6, 6.07) is 4.94. The van der Waals surface area contributed by atoms with Crippen LogP contribution in [0, 0.1) is 0 Å². The quantitative estimate of drug-likeness (QED) is 0.813. The fraction of sp³-hybridized carbons (Fsp3) is 0.467. The lowest BCUT2D eigenvalue weighted by atomic mass is 10.1. The van der Waals surface area contributed by atoms with E-state index in [4.69, 9.17) is 0 Å². The molecule has 1 aromatic heterocycles. The first kappa shape index (κ1) is 16.6. The highest BCUT2D eigenvalue weighted by atomic mass is 32.2. The molecule has 0 saturated carbocycles. The molecule has 2 aliphatic heterocycles. The van der Waals surface area contributed by atoms with Crippen molar-refractivity contribution >= 4 is 27.4 Å². The summed E-state index contributed by atoms with van der Waals surface area (Å²) in [5.74, 6) is -0.638. The van der Waals surface area contributed by atoms with Gasteiger partial charge in [0.25, 0.3) is 5.91 Å². The minimum atomic E-state index is -3.12. The Bertz CT molecular complexity index is 776. The summed E-state index contributed by atoms with van der Waals surface area (Å²) in [7, 11) is -3.12. The van der Waals surface area contributed by atoms with Crippen molar-refractivity contribution in [1.82, 2.24) is 15.3 Å². The summed E-state index contributed by atoms with van der Waals surface area (Å²) in [6.45, 7) is 0.268. The van der Waals surface area contributed by atoms with Crippen LogP contribution in [0.3, 0.4) is 0 Å². The van der Waals surface area contributed by atoms with Crippen LogP contribution in [0.1, 0.15) is 25.0 Å². The van der Waals surface area contributed by atoms with Crippen molar-refractivity contribution < 1.29 is 18.0 Å². The van der Waals surface area contributed by atoms with Crippen LogP contribution in [0.25, 0.3) is 0 Å². The van der Waals surface area contributed by atoms with E-state index in [-0.39, 0.29) is 48.4 Å². The second kappa shape index (κ2) is 6.68. The third-order valence-electron chi connectivity index (χ3n) is 4.03. The Hall–Kier alpha value is -2.29. The summed E-state index contributed by atoms with van der Waals surface area (Å²) >= 11 is 0. The van der Waals surface area contributed by atoms with Crippen LogP contribution in [0.2, 0.25) is 0 Å². The molecule has 1 aromatic rings. The Labute approximate surface area is 139 Å². The molecule has 0 spiro atoms. The smallest absolute Gasteiger partial charge is 0.267 e. The van der Waals surface area contributed by atoms with Crippen molar-refractivity contribution in [3.8, 4) is 0 Å². The highest BCUT2D eigenvalue weighted by Crippen LogP contribution is 2.22. The summed E-state index contributed by atoms with van der Waals surface area (Å²) < 4.78 is 23.2. The van der Waals surface area contributed by atoms with Gasteiger partial charge in [-0.2, -0.15) is 5.10 Å². The average Bonchev–Trinajstić information content (AvgIpc) is 2.94. The SMILES string of the molecule is O=C(NCc1ccccn1)C1=NN([C@@H]2CCS(=O)(=O)C2)C(=O)CC1. The van der Waals surface area contributed by atoms with E-state index in [0.29, 0.717) is 6.42 Å². The number of aromatic nitrogens is 1. The van der Waals surface area contributed by atoms with Crippen LogP contribution in [0.4, 0.5) is 0 Å². The standard InChI is InChI=1S/C15H18N4O4S/c20-14-5-4-13(15(21)17-9-11-3-1-2-7-16-11)18-19(14)12-6-8-24(22,23)10-12/h1-3,7,12H,4-6,8-10H2,(H,17,21)/t12-/m1/s1. The number of hydrogen-bond acceptors (Lipinski definition) is 6. The van der Waals surface area contributed by atoms with Gasteiger partial charge in [0.15, 0.2) is 9.84 Å². The van der Waals surface area contributed by atoms with Crippen LogP contribution in [-0.2, 0) is 26.0 Å². The van der Waals surface area contributed by atoms with Gasteiger partial charge in [0.1, 0.15) is 5.71 Å². The molecule has 0 aromatic carbocycles. The Morgan fingerprint density at radius 2 is 2.17 bits per heavy atom. The predicted molar refractivity (Wildman–Crippen MR) is 86.7 cm³/mol. The number of hydrogen-bond donors (Lipinski definition) is 1. The maximum absolute atomic E-state index is 12.2. The number of carbonyl (C=O) groups is 2. The van der Waals surface area contributed by atoms with Crippen LogP contribution >= 0.6 is 0 Å². The Kier molecular flexibility index (Phi) is 4.61. The maximum Gasteiger partial charge on any atom is 0.267 e. The number of carbonyl (C=O) groups excluding carboxylic acids is 2. The molecule has 1 fully saturated rings. The van der Waals surface area contributed by atoms with Gasteiger partial charge in [0.2, 0.25) is 5.91 Å². The molecule has 1 N–H and O–H groups in total. The van der Waals surface area contributed by atoms with Gasteiger partial charge in [-0.25, -0.2) is 13.4 Å². The minimum Gasteiger partial charge on any atom is -0.345 e. The first-order valence-electron chi connectivity index (χ1n) is 7.73. The van der Waals surface area contributed by atoms with Crippen LogP contribution < -0.4 is 5.32 Å². The fourth-order valence-electron chi connectivity index (χ4n) is 2.76. The minimum absolute atomic E-state index is 0.0537. The molecular weight excluding hydrogens is 332 g/mol. The number of sulfone groups is 1. The van der Waals surface area contributed by atoms with E-state index in [0.717, 1.165) is 5.69 Å². The van der Waals surface area contributed by atoms with Gasteiger partial charge >= 0.3 is 0 Å². The van der Waals surface area contributed by atoms with Gasteiger partial charge < -0.3 is 5.32 Å². The van der Waals surface area contributed by atoms with E-state index in [1.807, 2.05) is 6.07 Å². The van der Waals surface area contributed by atoms with Crippen LogP contribution in [0.15, 0.2) is 29.5 Å². The fourth-order valence-corrected chi connectivity index (χ4v) is 4.46. The van der Waals surface area contributed by atoms with Crippen molar-refractivity contribution in [1.29, 1.82) is 0 Å². The Morgan fingerprint density at radius 1 is 1.33 bits per heavy atom. The largest absolute Gasteiger partial charge is 0.345 e. The highest BCUT2D eigenvalue weighted by molar-refractivity contribution is 7.91. The molecule has 3 rings (SSSR count). The molecule has 0 bridgehead atoms. The van der Waals surface area contributed by atoms with Crippen molar-refractivity contribution in [3.63, 3.8) is 0 Å². The zero-order chi connectivity index (χ0) is 17.2. The van der Waals surface area contributed by atoms with Gasteiger partial charge in [-0.3, -0.25) is 14.6 Å². The van der Waals surface area contributed by atoms with E-state index >= 15 is 0 Å². The Morgan fingerprint density at radius 3 is 2.83 bits per heavy atom. The summed E-state index contributed by atoms with van der Waals surface area (Å²) in [5, 5.41) is 8.03. The first-order valence-corrected chi connectivity index (χ1v) is 9.55. The van der Waals surface area contributed by atoms with E-state index in [9.17, 15) is 18.0 Å². The molecule has 1 saturated heterocycles. The highest BCUT2D eigenvalue weighted by Gasteiger charge is 2.37. The molecule has 128 valence electrons. The average molecular weight is 350 g/mol. The van der Waals surface area contributed by atoms with Gasteiger partial charge in [-0.15, -0.1) is 0 Å². The summed E-state index contributed by atoms with van der Waals surface area (Å²) in [4.78, 5) is 28.4. The number of nitrogens with zero attached hydrogens (tertiary/aromatic N) is 3. The lowest BCUT2D eigenvalue weighted by Gasteiger charge is -2.27. The van der Waals surface area contributed by atoms with E-state index in [2.05, 4.69) is 15.4 Å². The summed E-state index contributed by atoms with van der Waals surface area (Å²) in [5.41, 5.74) is 0.965. The third-order valence-corrected chi connectivity index (χ3v) is 5.78. The normalized spacial score (nSPS) is 23.0. The monoisotopic (exact) mass is 350 g/mol. The van der Waals surface area contributed by atoms with Crippen molar-refractivity contribution in [3.05, 3.63) is 30.1 Å². The molecule has 8 nitrogen and oxygen atoms in total. The predicted octanol–water partition coefficient (Wildman–Crippen LogP) is -0.137. The molecule has 0 aliphatic carbocycles. The van der Waals surface area contributed by atoms with Gasteiger partial charge in [0.05, 0.1) is 29.8 Å². The van der Waals surface area contributed by atoms with Crippen molar-refractivity contribution in [2.75, 3.05) is 11.5 Å². The van der Waals surface area contributed by atoms with Crippen molar-refractivity contribution in [2.24, 2.45) is 5.10 Å². The Balaban J connectivity index is 1.67.